The van der Waals surface area contributed by atoms with Crippen LogP contribution in [-0.2, 0) is 0 Å². The first kappa shape index (κ1) is 11.2. The van der Waals surface area contributed by atoms with Gasteiger partial charge in [0.05, 0.1) is 15.0 Å². The van der Waals surface area contributed by atoms with E-state index in [0.29, 0.717) is 8.59 Å². The Hall–Kier alpha value is 0.130. The Labute approximate surface area is 98.4 Å². The van der Waals surface area contributed by atoms with Gasteiger partial charge in [0.25, 0.3) is 0 Å². The van der Waals surface area contributed by atoms with Gasteiger partial charge in [-0.15, -0.1) is 11.6 Å². The topological polar surface area (TPSA) is 17.1 Å². The van der Waals surface area contributed by atoms with Crippen LogP contribution in [0.5, 0.6) is 0 Å². The number of ketones is 1. The zero-order chi connectivity index (χ0) is 10.0. The number of rotatable bonds is 2. The SMILES string of the molecule is O=C(CCl)c1cc(Cl)cc(I)c1F. The van der Waals surface area contributed by atoms with E-state index < -0.39 is 11.6 Å². The van der Waals surface area contributed by atoms with Crippen LogP contribution in [0.1, 0.15) is 10.4 Å². The summed E-state index contributed by atoms with van der Waals surface area (Å²) in [5, 5.41) is 0.333. The van der Waals surface area contributed by atoms with Crippen molar-refractivity contribution < 1.29 is 9.18 Å². The summed E-state index contributed by atoms with van der Waals surface area (Å²) >= 11 is 12.7. The molecule has 0 fully saturated rings. The van der Waals surface area contributed by atoms with Gasteiger partial charge >= 0.3 is 0 Å². The lowest BCUT2D eigenvalue weighted by Crippen LogP contribution is -2.05. The summed E-state index contributed by atoms with van der Waals surface area (Å²) in [6.07, 6.45) is 0. The second-order valence-electron chi connectivity index (χ2n) is 2.31. The van der Waals surface area contributed by atoms with Crippen LogP contribution in [0.4, 0.5) is 4.39 Å². The number of hydrogen-bond acceptors (Lipinski definition) is 1. The van der Waals surface area contributed by atoms with Crippen molar-refractivity contribution in [3.05, 3.63) is 32.1 Å². The molecule has 70 valence electrons. The van der Waals surface area contributed by atoms with Crippen molar-refractivity contribution in [2.45, 2.75) is 0 Å². The molecule has 0 aromatic heterocycles. The summed E-state index contributed by atoms with van der Waals surface area (Å²) in [6.45, 7) is 0. The molecule has 0 bridgehead atoms. The molecule has 5 heteroatoms. The quantitative estimate of drug-likeness (QED) is 0.350. The summed E-state index contributed by atoms with van der Waals surface area (Å²) < 4.78 is 13.6. The monoisotopic (exact) mass is 332 g/mol. The molecule has 0 saturated heterocycles. The van der Waals surface area contributed by atoms with Crippen molar-refractivity contribution in [1.82, 2.24) is 0 Å². The molecule has 1 rings (SSSR count). The minimum absolute atomic E-state index is 0.0492. The molecule has 0 saturated carbocycles. The molecule has 0 amide bonds. The molecule has 0 aliphatic heterocycles. The molecule has 0 radical (unpaired) electrons. The number of carbonyl (C=O) groups excluding carboxylic acids is 1. The number of halogens is 4. The second-order valence-corrected chi connectivity index (χ2v) is 4.17. The minimum atomic E-state index is -0.560. The minimum Gasteiger partial charge on any atom is -0.293 e. The average Bonchev–Trinajstić information content (AvgIpc) is 2.10. The van der Waals surface area contributed by atoms with Gasteiger partial charge in [0.15, 0.2) is 5.78 Å². The van der Waals surface area contributed by atoms with Gasteiger partial charge in [-0.25, -0.2) is 4.39 Å². The van der Waals surface area contributed by atoms with Crippen molar-refractivity contribution in [2.24, 2.45) is 0 Å². The van der Waals surface area contributed by atoms with E-state index in [-0.39, 0.29) is 11.4 Å². The molecule has 1 aromatic carbocycles. The molecule has 0 aliphatic rings. The van der Waals surface area contributed by atoms with E-state index in [1.54, 1.807) is 22.6 Å². The van der Waals surface area contributed by atoms with Crippen molar-refractivity contribution in [1.29, 1.82) is 0 Å². The van der Waals surface area contributed by atoms with Gasteiger partial charge in [-0.1, -0.05) is 11.6 Å². The van der Waals surface area contributed by atoms with Crippen molar-refractivity contribution >= 4 is 51.6 Å². The third kappa shape index (κ3) is 2.54. The van der Waals surface area contributed by atoms with Crippen molar-refractivity contribution in [3.8, 4) is 0 Å². The zero-order valence-corrected chi connectivity index (χ0v) is 9.95. The predicted octanol–water partition coefficient (Wildman–Crippen LogP) is 3.51. The molecule has 1 nitrogen and oxygen atoms in total. The Morgan fingerprint density at radius 2 is 2.15 bits per heavy atom. The van der Waals surface area contributed by atoms with Gasteiger partial charge in [-0.3, -0.25) is 4.79 Å². The first-order chi connectivity index (χ1) is 6.06. The molecular formula is C8H4Cl2FIO. The van der Waals surface area contributed by atoms with Crippen molar-refractivity contribution in [2.75, 3.05) is 5.88 Å². The maximum absolute atomic E-state index is 13.3. The fraction of sp³-hybridized carbons (Fsp3) is 0.125. The van der Waals surface area contributed by atoms with Gasteiger partial charge < -0.3 is 0 Å². The van der Waals surface area contributed by atoms with E-state index in [1.165, 1.54) is 12.1 Å². The van der Waals surface area contributed by atoms with Gasteiger partial charge in [-0.2, -0.15) is 0 Å². The highest BCUT2D eigenvalue weighted by atomic mass is 127. The molecule has 0 N–H and O–H groups in total. The third-order valence-electron chi connectivity index (χ3n) is 1.41. The van der Waals surface area contributed by atoms with Gasteiger partial charge in [0.2, 0.25) is 0 Å². The molecular weight excluding hydrogens is 329 g/mol. The Morgan fingerprint density at radius 1 is 1.54 bits per heavy atom. The van der Waals surface area contributed by atoms with E-state index in [4.69, 9.17) is 23.2 Å². The molecule has 13 heavy (non-hydrogen) atoms. The summed E-state index contributed by atoms with van der Waals surface area (Å²) in [4.78, 5) is 11.1. The Balaban J connectivity index is 3.28. The molecule has 0 spiro atoms. The predicted molar refractivity (Wildman–Crippen MR) is 59.2 cm³/mol. The van der Waals surface area contributed by atoms with E-state index in [2.05, 4.69) is 0 Å². The maximum atomic E-state index is 13.3. The number of Topliss-reactive ketones (excluding diaryl/α,β-unsaturated/α-hetero) is 1. The lowest BCUT2D eigenvalue weighted by molar-refractivity contribution is 0.101. The summed E-state index contributed by atoms with van der Waals surface area (Å²) in [5.74, 6) is -1.26. The fourth-order valence-electron chi connectivity index (χ4n) is 0.831. The highest BCUT2D eigenvalue weighted by Gasteiger charge is 2.14. The van der Waals surface area contributed by atoms with Gasteiger partial charge in [0, 0.05) is 5.02 Å². The maximum Gasteiger partial charge on any atom is 0.180 e. The number of alkyl halides is 1. The lowest BCUT2D eigenvalue weighted by Gasteiger charge is -2.02. The van der Waals surface area contributed by atoms with Crippen LogP contribution in [-0.4, -0.2) is 11.7 Å². The summed E-state index contributed by atoms with van der Waals surface area (Å²) in [6, 6.07) is 2.73. The first-order valence-electron chi connectivity index (χ1n) is 3.30. The van der Waals surface area contributed by atoms with E-state index in [1.807, 2.05) is 0 Å². The Morgan fingerprint density at radius 3 is 2.69 bits per heavy atom. The number of hydrogen-bond donors (Lipinski definition) is 0. The smallest absolute Gasteiger partial charge is 0.180 e. The summed E-state index contributed by atoms with van der Waals surface area (Å²) in [5.41, 5.74) is -0.0492. The van der Waals surface area contributed by atoms with Crippen LogP contribution < -0.4 is 0 Å². The van der Waals surface area contributed by atoms with Crippen molar-refractivity contribution in [3.63, 3.8) is 0 Å². The molecule has 0 aliphatic carbocycles. The lowest BCUT2D eigenvalue weighted by atomic mass is 10.1. The zero-order valence-electron chi connectivity index (χ0n) is 6.28. The van der Waals surface area contributed by atoms with Crippen LogP contribution >= 0.6 is 45.8 Å². The van der Waals surface area contributed by atoms with Crippen LogP contribution in [0.3, 0.4) is 0 Å². The highest BCUT2D eigenvalue weighted by Crippen LogP contribution is 2.21. The normalized spacial score (nSPS) is 10.2. The Bertz CT molecular complexity index is 354. The first-order valence-corrected chi connectivity index (χ1v) is 5.29. The average molecular weight is 333 g/mol. The summed E-state index contributed by atoms with van der Waals surface area (Å²) in [7, 11) is 0. The largest absolute Gasteiger partial charge is 0.293 e. The standard InChI is InChI=1S/C8H4Cl2FIO/c9-3-7(13)5-1-4(10)2-6(12)8(5)11/h1-2H,3H2. The van der Waals surface area contributed by atoms with E-state index in [0.717, 1.165) is 0 Å². The highest BCUT2D eigenvalue weighted by molar-refractivity contribution is 14.1. The number of benzene rings is 1. The second kappa shape index (κ2) is 4.57. The molecule has 1 aromatic rings. The fourth-order valence-corrected chi connectivity index (χ4v) is 2.00. The van der Waals surface area contributed by atoms with Gasteiger partial charge in [0.1, 0.15) is 5.82 Å². The van der Waals surface area contributed by atoms with E-state index in [9.17, 15) is 9.18 Å². The Kier molecular flexibility index (Phi) is 3.94. The molecule has 0 atom stereocenters. The van der Waals surface area contributed by atoms with Crippen LogP contribution in [0.15, 0.2) is 12.1 Å². The van der Waals surface area contributed by atoms with E-state index >= 15 is 0 Å². The van der Waals surface area contributed by atoms with Crippen LogP contribution in [0, 0.1) is 9.39 Å². The van der Waals surface area contributed by atoms with Crippen LogP contribution in [0.2, 0.25) is 5.02 Å². The third-order valence-corrected chi connectivity index (χ3v) is 2.66. The molecule has 0 unspecified atom stereocenters. The molecule has 0 heterocycles. The van der Waals surface area contributed by atoms with Crippen LogP contribution in [0.25, 0.3) is 0 Å². The number of carbonyl (C=O) groups is 1. The van der Waals surface area contributed by atoms with Gasteiger partial charge in [-0.05, 0) is 34.7 Å².